The third-order valence-corrected chi connectivity index (χ3v) is 2.89. The molecule has 2 rings (SSSR count). The summed E-state index contributed by atoms with van der Waals surface area (Å²) in [4.78, 5) is 8.49. The van der Waals surface area contributed by atoms with Crippen molar-refractivity contribution in [3.63, 3.8) is 0 Å². The second-order valence-electron chi connectivity index (χ2n) is 4.29. The molecule has 4 nitrogen and oxygen atoms in total. The maximum absolute atomic E-state index is 5.29. The monoisotopic (exact) mass is 257 g/mol. The van der Waals surface area contributed by atoms with Crippen LogP contribution in [0.4, 0.5) is 0 Å². The van der Waals surface area contributed by atoms with Crippen LogP contribution in [0.15, 0.2) is 36.8 Å². The van der Waals surface area contributed by atoms with Crippen molar-refractivity contribution in [2.75, 3.05) is 13.7 Å². The van der Waals surface area contributed by atoms with Gasteiger partial charge in [0.05, 0.1) is 19.0 Å². The van der Waals surface area contributed by atoms with Gasteiger partial charge >= 0.3 is 0 Å². The molecule has 1 aromatic heterocycles. The molecule has 0 aliphatic carbocycles. The lowest BCUT2D eigenvalue weighted by Crippen LogP contribution is -2.14. The number of nitrogens with one attached hydrogen (secondary N) is 1. The van der Waals surface area contributed by atoms with Gasteiger partial charge in [-0.1, -0.05) is 6.92 Å². The smallest absolute Gasteiger partial charge is 0.119 e. The summed E-state index contributed by atoms with van der Waals surface area (Å²) in [6.07, 6.45) is 6.29. The zero-order valence-corrected chi connectivity index (χ0v) is 11.4. The number of hydrogen-bond acceptors (Lipinski definition) is 4. The van der Waals surface area contributed by atoms with E-state index in [0.29, 0.717) is 0 Å². The molecule has 0 aliphatic heterocycles. The van der Waals surface area contributed by atoms with Crippen LogP contribution in [0.3, 0.4) is 0 Å². The normalized spacial score (nSPS) is 10.4. The molecule has 0 spiro atoms. The van der Waals surface area contributed by atoms with Crippen molar-refractivity contribution in [2.24, 2.45) is 0 Å². The van der Waals surface area contributed by atoms with Crippen LogP contribution in [0.25, 0.3) is 11.3 Å². The highest BCUT2D eigenvalue weighted by Crippen LogP contribution is 2.25. The number of rotatable bonds is 6. The zero-order valence-electron chi connectivity index (χ0n) is 11.4. The molecular weight excluding hydrogens is 238 g/mol. The van der Waals surface area contributed by atoms with Gasteiger partial charge in [0.1, 0.15) is 5.75 Å². The molecule has 19 heavy (non-hydrogen) atoms. The average molecular weight is 257 g/mol. The fourth-order valence-corrected chi connectivity index (χ4v) is 1.93. The Morgan fingerprint density at radius 3 is 2.84 bits per heavy atom. The number of ether oxygens (including phenoxy) is 1. The van der Waals surface area contributed by atoms with E-state index >= 15 is 0 Å². The fourth-order valence-electron chi connectivity index (χ4n) is 1.93. The molecule has 0 amide bonds. The van der Waals surface area contributed by atoms with Crippen molar-refractivity contribution < 1.29 is 4.74 Å². The maximum Gasteiger partial charge on any atom is 0.119 e. The summed E-state index contributed by atoms with van der Waals surface area (Å²) >= 11 is 0. The van der Waals surface area contributed by atoms with Gasteiger partial charge in [0.25, 0.3) is 0 Å². The third-order valence-electron chi connectivity index (χ3n) is 2.89. The molecule has 1 N–H and O–H groups in total. The molecule has 2 aromatic rings. The van der Waals surface area contributed by atoms with E-state index in [1.165, 1.54) is 5.56 Å². The van der Waals surface area contributed by atoms with Crippen LogP contribution < -0.4 is 10.1 Å². The van der Waals surface area contributed by atoms with Gasteiger partial charge in [-0.3, -0.25) is 9.97 Å². The quantitative estimate of drug-likeness (QED) is 0.808. The minimum Gasteiger partial charge on any atom is -0.497 e. The SMILES string of the molecule is CCCNCc1cc(OC)ccc1-c1cnccn1. The largest absolute Gasteiger partial charge is 0.497 e. The summed E-state index contributed by atoms with van der Waals surface area (Å²) in [7, 11) is 1.68. The van der Waals surface area contributed by atoms with E-state index in [1.54, 1.807) is 25.7 Å². The Bertz CT molecular complexity index is 514. The predicted molar refractivity (Wildman–Crippen MR) is 76.0 cm³/mol. The number of aromatic nitrogens is 2. The molecule has 0 radical (unpaired) electrons. The topological polar surface area (TPSA) is 47.0 Å². The van der Waals surface area contributed by atoms with Gasteiger partial charge in [-0.05, 0) is 36.7 Å². The first-order chi connectivity index (χ1) is 9.35. The Hall–Kier alpha value is -1.94. The van der Waals surface area contributed by atoms with Crippen molar-refractivity contribution in [2.45, 2.75) is 19.9 Å². The summed E-state index contributed by atoms with van der Waals surface area (Å²) in [6, 6.07) is 6.03. The number of hydrogen-bond donors (Lipinski definition) is 1. The summed E-state index contributed by atoms with van der Waals surface area (Å²) in [6.45, 7) is 3.95. The number of nitrogens with zero attached hydrogens (tertiary/aromatic N) is 2. The number of methoxy groups -OCH3 is 1. The fraction of sp³-hybridized carbons (Fsp3) is 0.333. The first kappa shape index (κ1) is 13.5. The van der Waals surface area contributed by atoms with Gasteiger partial charge in [-0.15, -0.1) is 0 Å². The van der Waals surface area contributed by atoms with E-state index in [-0.39, 0.29) is 0 Å². The summed E-state index contributed by atoms with van der Waals surface area (Å²) < 4.78 is 5.29. The second kappa shape index (κ2) is 6.85. The van der Waals surface area contributed by atoms with Gasteiger partial charge in [0.2, 0.25) is 0 Å². The van der Waals surface area contributed by atoms with Gasteiger partial charge in [0.15, 0.2) is 0 Å². The second-order valence-corrected chi connectivity index (χ2v) is 4.29. The lowest BCUT2D eigenvalue weighted by atomic mass is 10.0. The Kier molecular flexibility index (Phi) is 4.86. The molecule has 0 aliphatic rings. The molecule has 4 heteroatoms. The number of benzene rings is 1. The molecule has 0 saturated carbocycles. The standard InChI is InChI=1S/C15H19N3O/c1-3-6-16-10-12-9-13(19-2)4-5-14(12)15-11-17-7-8-18-15/h4-5,7-9,11,16H,3,6,10H2,1-2H3. The minimum absolute atomic E-state index is 0.803. The van der Waals surface area contributed by atoms with Crippen molar-refractivity contribution >= 4 is 0 Å². The summed E-state index contributed by atoms with van der Waals surface area (Å²) in [5, 5.41) is 3.41. The highest BCUT2D eigenvalue weighted by molar-refractivity contribution is 5.64. The van der Waals surface area contributed by atoms with Crippen LogP contribution in [0.5, 0.6) is 5.75 Å². The van der Waals surface area contributed by atoms with Crippen LogP contribution in [0.1, 0.15) is 18.9 Å². The summed E-state index contributed by atoms with van der Waals surface area (Å²) in [5.74, 6) is 0.862. The lowest BCUT2D eigenvalue weighted by molar-refractivity contribution is 0.414. The Balaban J connectivity index is 2.31. The molecule has 1 aromatic carbocycles. The van der Waals surface area contributed by atoms with Crippen molar-refractivity contribution in [1.82, 2.24) is 15.3 Å². The lowest BCUT2D eigenvalue weighted by Gasteiger charge is -2.11. The van der Waals surface area contributed by atoms with E-state index < -0.39 is 0 Å². The van der Waals surface area contributed by atoms with E-state index in [4.69, 9.17) is 4.74 Å². The molecule has 0 bridgehead atoms. The Morgan fingerprint density at radius 1 is 1.26 bits per heavy atom. The van der Waals surface area contributed by atoms with Gasteiger partial charge in [-0.2, -0.15) is 0 Å². The zero-order chi connectivity index (χ0) is 13.5. The molecule has 0 fully saturated rings. The molecule has 1 heterocycles. The van der Waals surface area contributed by atoms with Gasteiger partial charge in [0, 0.05) is 24.5 Å². The predicted octanol–water partition coefficient (Wildman–Crippen LogP) is 2.65. The van der Waals surface area contributed by atoms with Crippen molar-refractivity contribution in [3.05, 3.63) is 42.4 Å². The van der Waals surface area contributed by atoms with Gasteiger partial charge in [-0.25, -0.2) is 0 Å². The van der Waals surface area contributed by atoms with Crippen LogP contribution in [-0.2, 0) is 6.54 Å². The van der Waals surface area contributed by atoms with Crippen LogP contribution in [-0.4, -0.2) is 23.6 Å². The minimum atomic E-state index is 0.803. The Morgan fingerprint density at radius 2 is 2.16 bits per heavy atom. The maximum atomic E-state index is 5.29. The first-order valence-corrected chi connectivity index (χ1v) is 6.49. The average Bonchev–Trinajstić information content (AvgIpc) is 2.48. The van der Waals surface area contributed by atoms with Crippen molar-refractivity contribution in [3.8, 4) is 17.0 Å². The van der Waals surface area contributed by atoms with Crippen molar-refractivity contribution in [1.29, 1.82) is 0 Å². The van der Waals surface area contributed by atoms with Crippen LogP contribution in [0, 0.1) is 0 Å². The van der Waals surface area contributed by atoms with Crippen LogP contribution >= 0.6 is 0 Å². The molecule has 0 unspecified atom stereocenters. The first-order valence-electron chi connectivity index (χ1n) is 6.49. The highest BCUT2D eigenvalue weighted by Gasteiger charge is 2.07. The van der Waals surface area contributed by atoms with Crippen LogP contribution in [0.2, 0.25) is 0 Å². The molecule has 100 valence electrons. The van der Waals surface area contributed by atoms with E-state index in [0.717, 1.165) is 36.5 Å². The molecular formula is C15H19N3O. The van der Waals surface area contributed by atoms with E-state index in [1.807, 2.05) is 18.2 Å². The highest BCUT2D eigenvalue weighted by atomic mass is 16.5. The van der Waals surface area contributed by atoms with Gasteiger partial charge < -0.3 is 10.1 Å². The van der Waals surface area contributed by atoms with E-state index in [2.05, 4.69) is 22.2 Å². The summed E-state index contributed by atoms with van der Waals surface area (Å²) in [5.41, 5.74) is 3.16. The third kappa shape index (κ3) is 3.51. The Labute approximate surface area is 113 Å². The molecule has 0 saturated heterocycles. The molecule has 0 atom stereocenters. The van der Waals surface area contributed by atoms with E-state index in [9.17, 15) is 0 Å².